The summed E-state index contributed by atoms with van der Waals surface area (Å²) < 4.78 is 11.1. The second-order valence-corrected chi connectivity index (χ2v) is 6.83. The van der Waals surface area contributed by atoms with Crippen molar-refractivity contribution in [2.24, 2.45) is 0 Å². The molecule has 3 rings (SSSR count). The molecule has 1 N–H and O–H groups in total. The van der Waals surface area contributed by atoms with E-state index in [1.165, 1.54) is 0 Å². The van der Waals surface area contributed by atoms with E-state index < -0.39 is 6.10 Å². The van der Waals surface area contributed by atoms with Crippen LogP contribution in [0.3, 0.4) is 0 Å². The molecule has 5 nitrogen and oxygen atoms in total. The number of carbonyl (C=O) groups excluding carboxylic acids is 1. The summed E-state index contributed by atoms with van der Waals surface area (Å²) in [7, 11) is 0. The Bertz CT molecular complexity index is 678. The van der Waals surface area contributed by atoms with Gasteiger partial charge < -0.3 is 14.8 Å². The maximum absolute atomic E-state index is 12.2. The number of thiazole rings is 1. The number of amides is 1. The molecule has 6 heteroatoms. The number of benzene rings is 1. The van der Waals surface area contributed by atoms with Crippen LogP contribution < -0.4 is 5.32 Å². The van der Waals surface area contributed by atoms with Gasteiger partial charge in [-0.2, -0.15) is 0 Å². The van der Waals surface area contributed by atoms with E-state index in [1.807, 2.05) is 36.6 Å². The number of carbonyl (C=O) groups is 1. The second kappa shape index (κ2) is 7.88. The Labute approximate surface area is 146 Å². The monoisotopic (exact) mass is 346 g/mol. The fraction of sp³-hybridized carbons (Fsp3) is 0.444. The van der Waals surface area contributed by atoms with Crippen molar-refractivity contribution in [2.75, 3.05) is 18.5 Å². The first-order valence-corrected chi connectivity index (χ1v) is 9.06. The zero-order chi connectivity index (χ0) is 16.9. The molecule has 0 unspecified atom stereocenters. The largest absolute Gasteiger partial charge is 0.376 e. The predicted octanol–water partition coefficient (Wildman–Crippen LogP) is 3.64. The summed E-state index contributed by atoms with van der Waals surface area (Å²) in [6, 6.07) is 7.70. The minimum Gasteiger partial charge on any atom is -0.376 e. The number of hydrogen-bond donors (Lipinski definition) is 1. The average Bonchev–Trinajstić information content (AvgIpc) is 3.25. The summed E-state index contributed by atoms with van der Waals surface area (Å²) in [5.41, 5.74) is 2.82. The van der Waals surface area contributed by atoms with Crippen molar-refractivity contribution < 1.29 is 14.3 Å². The minimum absolute atomic E-state index is 0.126. The van der Waals surface area contributed by atoms with E-state index >= 15 is 0 Å². The van der Waals surface area contributed by atoms with Crippen LogP contribution >= 0.6 is 11.3 Å². The molecule has 128 valence electrons. The quantitative estimate of drug-likeness (QED) is 0.867. The van der Waals surface area contributed by atoms with E-state index in [4.69, 9.17) is 9.47 Å². The van der Waals surface area contributed by atoms with Crippen molar-refractivity contribution in [3.8, 4) is 10.6 Å². The van der Waals surface area contributed by atoms with Gasteiger partial charge in [0.1, 0.15) is 11.1 Å². The zero-order valence-electron chi connectivity index (χ0n) is 14.0. The Hall–Kier alpha value is -1.76. The number of rotatable bonds is 6. The molecule has 0 spiro atoms. The highest BCUT2D eigenvalue weighted by Gasteiger charge is 2.20. The number of nitrogens with zero attached hydrogens (tertiary/aromatic N) is 1. The van der Waals surface area contributed by atoms with Gasteiger partial charge in [-0.15, -0.1) is 11.3 Å². The van der Waals surface area contributed by atoms with Crippen LogP contribution in [-0.4, -0.2) is 36.3 Å². The van der Waals surface area contributed by atoms with Gasteiger partial charge in [-0.05, 0) is 51.0 Å². The summed E-state index contributed by atoms with van der Waals surface area (Å²) >= 11 is 1.62. The highest BCUT2D eigenvalue weighted by atomic mass is 32.1. The number of nitrogens with one attached hydrogen (secondary N) is 1. The minimum atomic E-state index is -0.504. The Morgan fingerprint density at radius 1 is 1.46 bits per heavy atom. The van der Waals surface area contributed by atoms with Crippen LogP contribution in [0.4, 0.5) is 5.69 Å². The lowest BCUT2D eigenvalue weighted by Crippen LogP contribution is -2.30. The van der Waals surface area contributed by atoms with E-state index in [0.717, 1.165) is 41.4 Å². The molecular formula is C18H22N2O3S. The van der Waals surface area contributed by atoms with E-state index in [1.54, 1.807) is 18.3 Å². The zero-order valence-corrected chi connectivity index (χ0v) is 14.8. The van der Waals surface area contributed by atoms with E-state index in [9.17, 15) is 4.79 Å². The molecule has 1 aromatic carbocycles. The summed E-state index contributed by atoms with van der Waals surface area (Å²) in [4.78, 5) is 16.6. The third kappa shape index (κ3) is 4.41. The van der Waals surface area contributed by atoms with Gasteiger partial charge in [-0.25, -0.2) is 4.98 Å². The lowest BCUT2D eigenvalue weighted by molar-refractivity contribution is -0.128. The van der Waals surface area contributed by atoms with Crippen LogP contribution in [0.5, 0.6) is 0 Å². The van der Waals surface area contributed by atoms with Gasteiger partial charge in [0.25, 0.3) is 5.91 Å². The fourth-order valence-electron chi connectivity index (χ4n) is 2.53. The smallest absolute Gasteiger partial charge is 0.253 e. The topological polar surface area (TPSA) is 60.5 Å². The Balaban J connectivity index is 1.52. The number of ether oxygens (including phenoxy) is 2. The highest BCUT2D eigenvalue weighted by molar-refractivity contribution is 7.13. The van der Waals surface area contributed by atoms with Crippen LogP contribution in [0, 0.1) is 6.92 Å². The van der Waals surface area contributed by atoms with Crippen molar-refractivity contribution in [2.45, 2.75) is 38.9 Å². The van der Waals surface area contributed by atoms with E-state index in [0.29, 0.717) is 6.61 Å². The highest BCUT2D eigenvalue weighted by Crippen LogP contribution is 2.25. The van der Waals surface area contributed by atoms with Gasteiger partial charge in [-0.1, -0.05) is 0 Å². The van der Waals surface area contributed by atoms with Crippen molar-refractivity contribution in [3.05, 3.63) is 35.3 Å². The maximum atomic E-state index is 12.2. The van der Waals surface area contributed by atoms with Crippen molar-refractivity contribution in [1.82, 2.24) is 4.98 Å². The number of hydrogen-bond acceptors (Lipinski definition) is 5. The molecule has 1 amide bonds. The van der Waals surface area contributed by atoms with Crippen LogP contribution in [0.15, 0.2) is 29.6 Å². The molecule has 0 saturated carbocycles. The Morgan fingerprint density at radius 3 is 2.88 bits per heavy atom. The average molecular weight is 346 g/mol. The van der Waals surface area contributed by atoms with Crippen LogP contribution in [0.2, 0.25) is 0 Å². The first-order valence-electron chi connectivity index (χ1n) is 8.18. The maximum Gasteiger partial charge on any atom is 0.253 e. The van der Waals surface area contributed by atoms with Crippen LogP contribution in [-0.2, 0) is 14.3 Å². The predicted molar refractivity (Wildman–Crippen MR) is 95.3 cm³/mol. The van der Waals surface area contributed by atoms with Gasteiger partial charge in [-0.3, -0.25) is 4.79 Å². The lowest BCUT2D eigenvalue weighted by Gasteiger charge is -2.16. The summed E-state index contributed by atoms with van der Waals surface area (Å²) in [6.07, 6.45) is 1.70. The van der Waals surface area contributed by atoms with Crippen molar-refractivity contribution in [1.29, 1.82) is 0 Å². The normalized spacial score (nSPS) is 18.5. The molecular weight excluding hydrogens is 324 g/mol. The second-order valence-electron chi connectivity index (χ2n) is 5.97. The van der Waals surface area contributed by atoms with E-state index in [2.05, 4.69) is 10.3 Å². The summed E-state index contributed by atoms with van der Waals surface area (Å²) in [5.74, 6) is -0.147. The molecule has 2 aromatic rings. The lowest BCUT2D eigenvalue weighted by atomic mass is 10.2. The number of aromatic nitrogens is 1. The summed E-state index contributed by atoms with van der Waals surface area (Å²) in [5, 5.41) is 5.89. The van der Waals surface area contributed by atoms with Gasteiger partial charge in [0.15, 0.2) is 0 Å². The third-order valence-corrected chi connectivity index (χ3v) is 4.95. The molecule has 0 bridgehead atoms. The molecule has 0 radical (unpaired) electrons. The number of anilines is 1. The first kappa shape index (κ1) is 17.1. The first-order chi connectivity index (χ1) is 11.6. The fourth-order valence-corrected chi connectivity index (χ4v) is 3.33. The van der Waals surface area contributed by atoms with Gasteiger partial charge >= 0.3 is 0 Å². The molecule has 2 atom stereocenters. The molecule has 1 aliphatic rings. The van der Waals surface area contributed by atoms with Gasteiger partial charge in [0.2, 0.25) is 0 Å². The van der Waals surface area contributed by atoms with Gasteiger partial charge in [0, 0.05) is 28.9 Å². The van der Waals surface area contributed by atoms with Crippen LogP contribution in [0.1, 0.15) is 25.5 Å². The molecule has 1 saturated heterocycles. The van der Waals surface area contributed by atoms with E-state index in [-0.39, 0.29) is 12.0 Å². The molecule has 0 aliphatic carbocycles. The Kier molecular flexibility index (Phi) is 5.60. The molecule has 24 heavy (non-hydrogen) atoms. The summed E-state index contributed by atoms with van der Waals surface area (Å²) in [6.45, 7) is 5.00. The number of aryl methyl sites for hydroxylation is 1. The van der Waals surface area contributed by atoms with Gasteiger partial charge in [0.05, 0.1) is 12.7 Å². The molecule has 1 fully saturated rings. The van der Waals surface area contributed by atoms with Crippen molar-refractivity contribution >= 4 is 22.9 Å². The third-order valence-electron chi connectivity index (χ3n) is 3.94. The molecule has 1 aliphatic heterocycles. The van der Waals surface area contributed by atoms with Crippen LogP contribution in [0.25, 0.3) is 10.6 Å². The van der Waals surface area contributed by atoms with Crippen molar-refractivity contribution in [3.63, 3.8) is 0 Å². The molecule has 1 aromatic heterocycles. The molecule has 2 heterocycles. The Morgan fingerprint density at radius 2 is 2.25 bits per heavy atom. The standard InChI is InChI=1S/C18H22N2O3S/c1-12-11-24-18(19-12)14-5-7-15(8-6-14)20-17(21)13(2)23-10-16-4-3-9-22-16/h5-8,11,13,16H,3-4,9-10H2,1-2H3,(H,20,21)/t13-,16-/m0/s1. The SMILES string of the molecule is Cc1csc(-c2ccc(NC(=O)[C@H](C)OC[C@@H]3CCCO3)cc2)n1.